The molecule has 0 aliphatic rings. The Labute approximate surface area is 183 Å². The zero-order valence-corrected chi connectivity index (χ0v) is 17.3. The molecule has 2 aromatic carbocycles. The molecule has 4 aromatic rings. The van der Waals surface area contributed by atoms with E-state index in [0.29, 0.717) is 21.4 Å². The molecule has 2 aromatic heterocycles. The highest BCUT2D eigenvalue weighted by Gasteiger charge is 2.20. The van der Waals surface area contributed by atoms with Crippen LogP contribution in [0, 0.1) is 0 Å². The Morgan fingerprint density at radius 1 is 0.871 bits per heavy atom. The lowest BCUT2D eigenvalue weighted by Crippen LogP contribution is -2.31. The Hall–Kier alpha value is -3.91. The van der Waals surface area contributed by atoms with Crippen molar-refractivity contribution < 1.29 is 9.59 Å². The van der Waals surface area contributed by atoms with Gasteiger partial charge in [-0.3, -0.25) is 14.6 Å². The highest BCUT2D eigenvalue weighted by molar-refractivity contribution is 7.18. The number of nitrogens with one attached hydrogen (secondary N) is 2. The zero-order valence-electron chi connectivity index (χ0n) is 16.4. The van der Waals surface area contributed by atoms with Crippen LogP contribution in [0.5, 0.6) is 0 Å². The maximum Gasteiger partial charge on any atom is 0.251 e. The highest BCUT2D eigenvalue weighted by atomic mass is 32.1. The summed E-state index contributed by atoms with van der Waals surface area (Å²) in [7, 11) is 0. The normalized spacial score (nSPS) is 11.5. The van der Waals surface area contributed by atoms with E-state index >= 15 is 0 Å². The maximum absolute atomic E-state index is 12.7. The number of nitrogens with zero attached hydrogens (tertiary/aromatic N) is 3. The van der Waals surface area contributed by atoms with Crippen molar-refractivity contribution in [3.63, 3.8) is 0 Å². The maximum atomic E-state index is 12.7. The summed E-state index contributed by atoms with van der Waals surface area (Å²) in [6.45, 7) is 0. The molecule has 0 spiro atoms. The van der Waals surface area contributed by atoms with Gasteiger partial charge in [0.15, 0.2) is 5.01 Å². The van der Waals surface area contributed by atoms with E-state index < -0.39 is 6.04 Å². The number of anilines is 1. The molecule has 8 heteroatoms. The Morgan fingerprint density at radius 3 is 2.29 bits per heavy atom. The standard InChI is InChI=1S/C23H19N5O2S/c29-20(26-23-28-27-22(31-23)18-13-7-8-14-24-18)15-19(16-9-3-1-4-10-16)25-21(30)17-11-5-2-6-12-17/h1-14,19H,15H2,(H,25,30)(H,26,28,29). The number of pyridine rings is 1. The quantitative estimate of drug-likeness (QED) is 0.461. The Kier molecular flexibility index (Phi) is 6.39. The van der Waals surface area contributed by atoms with Gasteiger partial charge in [0.05, 0.1) is 12.5 Å². The van der Waals surface area contributed by atoms with Crippen LogP contribution >= 0.6 is 11.3 Å². The van der Waals surface area contributed by atoms with Crippen LogP contribution in [0.4, 0.5) is 5.13 Å². The van der Waals surface area contributed by atoms with Crippen LogP contribution in [0.25, 0.3) is 10.7 Å². The number of hydrogen-bond acceptors (Lipinski definition) is 6. The van der Waals surface area contributed by atoms with E-state index in [9.17, 15) is 9.59 Å². The minimum atomic E-state index is -0.489. The van der Waals surface area contributed by atoms with E-state index in [1.807, 2.05) is 54.6 Å². The van der Waals surface area contributed by atoms with Gasteiger partial charge in [-0.05, 0) is 29.8 Å². The van der Waals surface area contributed by atoms with Crippen molar-refractivity contribution in [3.05, 3.63) is 96.2 Å². The van der Waals surface area contributed by atoms with Crippen molar-refractivity contribution in [1.82, 2.24) is 20.5 Å². The van der Waals surface area contributed by atoms with Gasteiger partial charge in [0.2, 0.25) is 11.0 Å². The molecule has 31 heavy (non-hydrogen) atoms. The van der Waals surface area contributed by atoms with Gasteiger partial charge < -0.3 is 10.6 Å². The number of carbonyl (C=O) groups excluding carboxylic acids is 2. The molecule has 2 N–H and O–H groups in total. The van der Waals surface area contributed by atoms with E-state index in [1.54, 1.807) is 30.5 Å². The molecule has 0 aliphatic heterocycles. The molecule has 0 saturated carbocycles. The molecule has 7 nitrogen and oxygen atoms in total. The molecule has 0 fully saturated rings. The summed E-state index contributed by atoms with van der Waals surface area (Å²) in [6.07, 6.45) is 1.73. The molecule has 0 aliphatic carbocycles. The Bertz CT molecular complexity index is 1150. The average molecular weight is 430 g/mol. The van der Waals surface area contributed by atoms with Gasteiger partial charge in [0, 0.05) is 11.8 Å². The summed E-state index contributed by atoms with van der Waals surface area (Å²) < 4.78 is 0. The summed E-state index contributed by atoms with van der Waals surface area (Å²) in [5, 5.41) is 14.8. The van der Waals surface area contributed by atoms with E-state index in [-0.39, 0.29) is 18.2 Å². The number of amides is 2. The molecule has 0 radical (unpaired) electrons. The Morgan fingerprint density at radius 2 is 1.58 bits per heavy atom. The first kappa shape index (κ1) is 20.4. The molecular formula is C23H19N5O2S. The first-order valence-electron chi connectivity index (χ1n) is 9.64. The SMILES string of the molecule is O=C(CC(NC(=O)c1ccccc1)c1ccccc1)Nc1nnc(-c2ccccn2)s1. The molecule has 1 unspecified atom stereocenters. The molecule has 2 heterocycles. The van der Waals surface area contributed by atoms with Gasteiger partial charge in [0.25, 0.3) is 5.91 Å². The molecule has 1 atom stereocenters. The van der Waals surface area contributed by atoms with Gasteiger partial charge in [-0.1, -0.05) is 65.9 Å². The van der Waals surface area contributed by atoms with Crippen molar-refractivity contribution in [2.45, 2.75) is 12.5 Å². The number of rotatable bonds is 7. The number of aromatic nitrogens is 3. The largest absolute Gasteiger partial charge is 0.345 e. The van der Waals surface area contributed by atoms with Crippen LogP contribution in [0.1, 0.15) is 28.4 Å². The van der Waals surface area contributed by atoms with Gasteiger partial charge in [-0.2, -0.15) is 0 Å². The van der Waals surface area contributed by atoms with Crippen molar-refractivity contribution in [2.24, 2.45) is 0 Å². The van der Waals surface area contributed by atoms with Crippen LogP contribution in [0.3, 0.4) is 0 Å². The summed E-state index contributed by atoms with van der Waals surface area (Å²) in [5.41, 5.74) is 2.07. The zero-order chi connectivity index (χ0) is 21.5. The molecule has 0 bridgehead atoms. The van der Waals surface area contributed by atoms with E-state index in [4.69, 9.17) is 0 Å². The van der Waals surface area contributed by atoms with Crippen molar-refractivity contribution in [2.75, 3.05) is 5.32 Å². The van der Waals surface area contributed by atoms with Crippen molar-refractivity contribution in [1.29, 1.82) is 0 Å². The van der Waals surface area contributed by atoms with Crippen molar-refractivity contribution >= 4 is 28.3 Å². The fraction of sp³-hybridized carbons (Fsp3) is 0.0870. The van der Waals surface area contributed by atoms with E-state index in [2.05, 4.69) is 25.8 Å². The van der Waals surface area contributed by atoms with Crippen LogP contribution < -0.4 is 10.6 Å². The fourth-order valence-electron chi connectivity index (χ4n) is 2.99. The fourth-order valence-corrected chi connectivity index (χ4v) is 3.73. The average Bonchev–Trinajstić information content (AvgIpc) is 3.28. The smallest absolute Gasteiger partial charge is 0.251 e. The number of hydrogen-bond donors (Lipinski definition) is 2. The summed E-state index contributed by atoms with van der Waals surface area (Å²) in [5.74, 6) is -0.512. The van der Waals surface area contributed by atoms with Crippen LogP contribution in [-0.2, 0) is 4.79 Å². The highest BCUT2D eigenvalue weighted by Crippen LogP contribution is 2.25. The Balaban J connectivity index is 1.46. The summed E-state index contributed by atoms with van der Waals surface area (Å²) in [6, 6.07) is 23.3. The van der Waals surface area contributed by atoms with E-state index in [0.717, 1.165) is 5.56 Å². The molecule has 154 valence electrons. The molecule has 4 rings (SSSR count). The predicted octanol–water partition coefficient (Wildman–Crippen LogP) is 4.10. The van der Waals surface area contributed by atoms with E-state index in [1.165, 1.54) is 11.3 Å². The van der Waals surface area contributed by atoms with Gasteiger partial charge in [0.1, 0.15) is 5.69 Å². The number of carbonyl (C=O) groups is 2. The topological polar surface area (TPSA) is 96.9 Å². The third kappa shape index (κ3) is 5.37. The van der Waals surface area contributed by atoms with Crippen molar-refractivity contribution in [3.8, 4) is 10.7 Å². The van der Waals surface area contributed by atoms with Crippen LogP contribution in [0.15, 0.2) is 85.1 Å². The third-order valence-electron chi connectivity index (χ3n) is 4.49. The van der Waals surface area contributed by atoms with Gasteiger partial charge in [-0.25, -0.2) is 0 Å². The predicted molar refractivity (Wildman–Crippen MR) is 119 cm³/mol. The minimum Gasteiger partial charge on any atom is -0.345 e. The first-order chi connectivity index (χ1) is 15.2. The molecule has 2 amide bonds. The summed E-state index contributed by atoms with van der Waals surface area (Å²) >= 11 is 1.24. The molecule has 0 saturated heterocycles. The lowest BCUT2D eigenvalue weighted by atomic mass is 10.0. The van der Waals surface area contributed by atoms with Crippen LogP contribution in [-0.4, -0.2) is 27.0 Å². The second-order valence-corrected chi connectivity index (χ2v) is 7.66. The first-order valence-corrected chi connectivity index (χ1v) is 10.5. The number of benzene rings is 2. The second kappa shape index (κ2) is 9.73. The lowest BCUT2D eigenvalue weighted by molar-refractivity contribution is -0.116. The monoisotopic (exact) mass is 429 g/mol. The molecular weight excluding hydrogens is 410 g/mol. The van der Waals surface area contributed by atoms with Gasteiger partial charge in [-0.15, -0.1) is 10.2 Å². The van der Waals surface area contributed by atoms with Crippen LogP contribution in [0.2, 0.25) is 0 Å². The summed E-state index contributed by atoms with van der Waals surface area (Å²) in [4.78, 5) is 29.6. The minimum absolute atomic E-state index is 0.0566. The lowest BCUT2D eigenvalue weighted by Gasteiger charge is -2.18. The third-order valence-corrected chi connectivity index (χ3v) is 5.35. The van der Waals surface area contributed by atoms with Gasteiger partial charge >= 0.3 is 0 Å². The second-order valence-electron chi connectivity index (χ2n) is 6.68.